The number of carbonyl (C=O) groups excluding carboxylic acids is 1. The summed E-state index contributed by atoms with van der Waals surface area (Å²) in [6.45, 7) is 2.10. The predicted molar refractivity (Wildman–Crippen MR) is 99.5 cm³/mol. The molecule has 0 aliphatic rings. The van der Waals surface area contributed by atoms with Gasteiger partial charge < -0.3 is 10.1 Å². The Morgan fingerprint density at radius 1 is 1.23 bits per heavy atom. The fourth-order valence-electron chi connectivity index (χ4n) is 2.40. The van der Waals surface area contributed by atoms with E-state index in [1.54, 1.807) is 52.2 Å². The lowest BCUT2D eigenvalue weighted by molar-refractivity contribution is -0.119. The Hall–Kier alpha value is -2.51. The molecule has 7 nitrogen and oxygen atoms in total. The SMILES string of the molecule is CCC(C(=O)Nc1cnn(COc2cccc(Cl)c2)c1)n1cc(Cl)cn1. The van der Waals surface area contributed by atoms with Crippen LogP contribution in [0.5, 0.6) is 5.75 Å². The molecule has 0 bridgehead atoms. The maximum Gasteiger partial charge on any atom is 0.249 e. The van der Waals surface area contributed by atoms with Gasteiger partial charge >= 0.3 is 0 Å². The Bertz CT molecular complexity index is 893. The highest BCUT2D eigenvalue weighted by Crippen LogP contribution is 2.19. The third-order valence-electron chi connectivity index (χ3n) is 3.64. The topological polar surface area (TPSA) is 74.0 Å². The van der Waals surface area contributed by atoms with E-state index in [1.165, 1.54) is 6.20 Å². The molecule has 0 fully saturated rings. The molecule has 9 heteroatoms. The van der Waals surface area contributed by atoms with Gasteiger partial charge in [-0.25, -0.2) is 4.68 Å². The first-order chi connectivity index (χ1) is 12.5. The Kier molecular flexibility index (Phi) is 5.80. The summed E-state index contributed by atoms with van der Waals surface area (Å²) in [7, 11) is 0. The molecule has 1 amide bonds. The summed E-state index contributed by atoms with van der Waals surface area (Å²) in [5.74, 6) is 0.447. The maximum absolute atomic E-state index is 12.5. The van der Waals surface area contributed by atoms with Gasteiger partial charge in [-0.3, -0.25) is 9.48 Å². The lowest BCUT2D eigenvalue weighted by Gasteiger charge is -2.14. The monoisotopic (exact) mass is 393 g/mol. The number of carbonyl (C=O) groups is 1. The van der Waals surface area contributed by atoms with Crippen LogP contribution in [0, 0.1) is 0 Å². The molecule has 1 unspecified atom stereocenters. The number of anilines is 1. The minimum absolute atomic E-state index is 0.192. The van der Waals surface area contributed by atoms with E-state index in [4.69, 9.17) is 27.9 Å². The zero-order valence-corrected chi connectivity index (χ0v) is 15.5. The molecule has 0 spiro atoms. The van der Waals surface area contributed by atoms with E-state index in [1.807, 2.05) is 6.92 Å². The van der Waals surface area contributed by atoms with Crippen LogP contribution in [0.2, 0.25) is 10.0 Å². The zero-order valence-electron chi connectivity index (χ0n) is 14.0. The van der Waals surface area contributed by atoms with Crippen molar-refractivity contribution < 1.29 is 9.53 Å². The third-order valence-corrected chi connectivity index (χ3v) is 4.07. The molecule has 0 aliphatic carbocycles. The van der Waals surface area contributed by atoms with E-state index in [0.717, 1.165) is 0 Å². The van der Waals surface area contributed by atoms with E-state index in [2.05, 4.69) is 15.5 Å². The average Bonchev–Trinajstić information content (AvgIpc) is 3.23. The standard InChI is InChI=1S/C17H17Cl2N5O2/c1-2-16(24-9-13(19)7-21-24)17(25)22-14-8-20-23(10-14)11-26-15-5-3-4-12(18)6-15/h3-10,16H,2,11H2,1H3,(H,22,25). The van der Waals surface area contributed by atoms with Crippen LogP contribution < -0.4 is 10.1 Å². The highest BCUT2D eigenvalue weighted by molar-refractivity contribution is 6.30. The first-order valence-corrected chi connectivity index (χ1v) is 8.72. The minimum Gasteiger partial charge on any atom is -0.471 e. The number of amides is 1. The number of halogens is 2. The number of rotatable bonds is 7. The summed E-state index contributed by atoms with van der Waals surface area (Å²) in [5.41, 5.74) is 0.571. The largest absolute Gasteiger partial charge is 0.471 e. The summed E-state index contributed by atoms with van der Waals surface area (Å²) in [6.07, 6.45) is 6.95. The van der Waals surface area contributed by atoms with Gasteiger partial charge in [-0.05, 0) is 24.6 Å². The van der Waals surface area contributed by atoms with Crippen molar-refractivity contribution in [3.05, 3.63) is 59.1 Å². The third kappa shape index (κ3) is 4.56. The van der Waals surface area contributed by atoms with Crippen LogP contribution in [-0.4, -0.2) is 25.5 Å². The number of nitrogens with zero attached hydrogens (tertiary/aromatic N) is 4. The molecule has 0 radical (unpaired) electrons. The van der Waals surface area contributed by atoms with Crippen LogP contribution in [0.4, 0.5) is 5.69 Å². The normalized spacial score (nSPS) is 12.0. The van der Waals surface area contributed by atoms with Crippen LogP contribution in [0.1, 0.15) is 19.4 Å². The van der Waals surface area contributed by atoms with Crippen molar-refractivity contribution in [2.75, 3.05) is 5.32 Å². The molecule has 26 heavy (non-hydrogen) atoms. The Morgan fingerprint density at radius 3 is 2.77 bits per heavy atom. The van der Waals surface area contributed by atoms with Gasteiger partial charge in [0.2, 0.25) is 5.91 Å². The lowest BCUT2D eigenvalue weighted by Crippen LogP contribution is -2.25. The van der Waals surface area contributed by atoms with E-state index in [-0.39, 0.29) is 12.6 Å². The van der Waals surface area contributed by atoms with Gasteiger partial charge in [0.1, 0.15) is 11.8 Å². The first kappa shape index (κ1) is 18.3. The van der Waals surface area contributed by atoms with Gasteiger partial charge in [0, 0.05) is 11.2 Å². The van der Waals surface area contributed by atoms with Crippen molar-refractivity contribution >= 4 is 34.8 Å². The van der Waals surface area contributed by atoms with Crippen LogP contribution >= 0.6 is 23.2 Å². The molecule has 1 atom stereocenters. The molecule has 1 N–H and O–H groups in total. The van der Waals surface area contributed by atoms with Crippen molar-refractivity contribution in [1.82, 2.24) is 19.6 Å². The summed E-state index contributed by atoms with van der Waals surface area (Å²) in [6, 6.07) is 6.65. The van der Waals surface area contributed by atoms with Crippen molar-refractivity contribution in [2.24, 2.45) is 0 Å². The first-order valence-electron chi connectivity index (χ1n) is 7.96. The molecule has 1 aromatic carbocycles. The molecule has 136 valence electrons. The van der Waals surface area contributed by atoms with Crippen LogP contribution in [-0.2, 0) is 11.5 Å². The van der Waals surface area contributed by atoms with E-state index in [9.17, 15) is 4.79 Å². The highest BCUT2D eigenvalue weighted by Gasteiger charge is 2.20. The lowest BCUT2D eigenvalue weighted by atomic mass is 10.2. The molecule has 3 rings (SSSR count). The Morgan fingerprint density at radius 2 is 2.08 bits per heavy atom. The van der Waals surface area contributed by atoms with E-state index < -0.39 is 6.04 Å². The maximum atomic E-state index is 12.5. The van der Waals surface area contributed by atoms with Crippen LogP contribution in [0.25, 0.3) is 0 Å². The molecule has 3 aromatic rings. The van der Waals surface area contributed by atoms with Crippen molar-refractivity contribution in [2.45, 2.75) is 26.1 Å². The summed E-state index contributed by atoms with van der Waals surface area (Å²) in [4.78, 5) is 12.5. The van der Waals surface area contributed by atoms with Gasteiger partial charge in [0.15, 0.2) is 6.73 Å². The van der Waals surface area contributed by atoms with Gasteiger partial charge in [-0.15, -0.1) is 0 Å². The summed E-state index contributed by atoms with van der Waals surface area (Å²) >= 11 is 11.8. The fourth-order valence-corrected chi connectivity index (χ4v) is 2.72. The number of benzene rings is 1. The second-order valence-corrected chi connectivity index (χ2v) is 6.42. The zero-order chi connectivity index (χ0) is 18.5. The molecular formula is C17H17Cl2N5O2. The van der Waals surface area contributed by atoms with E-state index in [0.29, 0.717) is 27.9 Å². The number of hydrogen-bond acceptors (Lipinski definition) is 4. The molecular weight excluding hydrogens is 377 g/mol. The van der Waals surface area contributed by atoms with E-state index >= 15 is 0 Å². The second-order valence-electron chi connectivity index (χ2n) is 5.55. The Labute approximate surface area is 160 Å². The van der Waals surface area contributed by atoms with Gasteiger partial charge in [-0.1, -0.05) is 36.2 Å². The number of aromatic nitrogens is 4. The van der Waals surface area contributed by atoms with Crippen molar-refractivity contribution in [3.63, 3.8) is 0 Å². The minimum atomic E-state index is -0.450. The van der Waals surface area contributed by atoms with Crippen LogP contribution in [0.3, 0.4) is 0 Å². The van der Waals surface area contributed by atoms with Gasteiger partial charge in [0.05, 0.1) is 29.3 Å². The smallest absolute Gasteiger partial charge is 0.249 e. The molecule has 0 saturated carbocycles. The highest BCUT2D eigenvalue weighted by atomic mass is 35.5. The number of ether oxygens (including phenoxy) is 1. The Balaban J connectivity index is 1.59. The number of nitrogens with one attached hydrogen (secondary N) is 1. The molecule has 0 saturated heterocycles. The quantitative estimate of drug-likeness (QED) is 0.657. The molecule has 0 aliphatic heterocycles. The second kappa shape index (κ2) is 8.25. The molecule has 2 heterocycles. The average molecular weight is 394 g/mol. The van der Waals surface area contributed by atoms with Crippen LogP contribution in [0.15, 0.2) is 49.1 Å². The fraction of sp³-hybridized carbons (Fsp3) is 0.235. The summed E-state index contributed by atoms with van der Waals surface area (Å²) < 4.78 is 8.72. The van der Waals surface area contributed by atoms with Gasteiger partial charge in [0.25, 0.3) is 0 Å². The van der Waals surface area contributed by atoms with Crippen molar-refractivity contribution in [1.29, 1.82) is 0 Å². The van der Waals surface area contributed by atoms with Gasteiger partial charge in [-0.2, -0.15) is 10.2 Å². The summed E-state index contributed by atoms with van der Waals surface area (Å²) in [5, 5.41) is 12.2. The molecule has 2 aromatic heterocycles. The van der Waals surface area contributed by atoms with Crippen molar-refractivity contribution in [3.8, 4) is 5.75 Å². The number of hydrogen-bond donors (Lipinski definition) is 1. The predicted octanol–water partition coefficient (Wildman–Crippen LogP) is 4.01.